The van der Waals surface area contributed by atoms with E-state index < -0.39 is 31.0 Å². The summed E-state index contributed by atoms with van der Waals surface area (Å²) >= 11 is 0. The predicted molar refractivity (Wildman–Crippen MR) is 34.8 cm³/mol. The van der Waals surface area contributed by atoms with Crippen molar-refractivity contribution in [3.05, 3.63) is 0 Å². The highest BCUT2D eigenvalue weighted by Crippen LogP contribution is 1.97. The summed E-state index contributed by atoms with van der Waals surface area (Å²) in [5.41, 5.74) is 0. The average molecular weight is 168 g/mol. The number of carbonyl (C=O) groups excluding carboxylic acids is 2. The molecule has 64 valence electrons. The standard InChI is InChI=1S/C6H10O5/c7-2-4(9)1-5(10)6(11)3-8/h2,5-6,8,10-11H,1,3H2/t5-,6+/m0/s1/i1+1,2+1,3+1,4+1,5+1,6+1. The monoisotopic (exact) mass is 168 g/mol. The molecule has 11 heavy (non-hydrogen) atoms. The fraction of sp³-hybridized carbons (Fsp3) is 0.667. The molecule has 0 saturated carbocycles. The summed E-state index contributed by atoms with van der Waals surface area (Å²) in [6.45, 7) is -0.632. The van der Waals surface area contributed by atoms with Gasteiger partial charge < -0.3 is 15.3 Å². The zero-order valence-electron chi connectivity index (χ0n) is 5.80. The van der Waals surface area contributed by atoms with E-state index >= 15 is 0 Å². The van der Waals surface area contributed by atoms with Gasteiger partial charge in [0.2, 0.25) is 0 Å². The topological polar surface area (TPSA) is 94.8 Å². The van der Waals surface area contributed by atoms with Crippen LogP contribution < -0.4 is 0 Å². The molecule has 0 aliphatic heterocycles. The summed E-state index contributed by atoms with van der Waals surface area (Å²) in [7, 11) is 0. The summed E-state index contributed by atoms with van der Waals surface area (Å²) in [6.07, 6.45) is -3.12. The molecule has 0 aromatic heterocycles. The molecule has 0 radical (unpaired) electrons. The summed E-state index contributed by atoms with van der Waals surface area (Å²) in [4.78, 5) is 20.1. The predicted octanol–water partition coefficient (Wildman–Crippen LogP) is -2.14. The van der Waals surface area contributed by atoms with Crippen LogP contribution in [0.2, 0.25) is 0 Å². The number of rotatable bonds is 5. The minimum Gasteiger partial charge on any atom is -0.394 e. The first-order valence-electron chi connectivity index (χ1n) is 3.06. The van der Waals surface area contributed by atoms with Gasteiger partial charge in [0.15, 0.2) is 12.1 Å². The lowest BCUT2D eigenvalue weighted by atomic mass is 11.1. The summed E-state index contributed by atoms with van der Waals surface area (Å²) in [5, 5.41) is 25.8. The molecule has 3 N–H and O–H groups in total. The molecule has 0 aromatic carbocycles. The normalized spacial score (nSPS) is 15.5. The first-order valence-corrected chi connectivity index (χ1v) is 3.06. The van der Waals surface area contributed by atoms with Crippen molar-refractivity contribution in [2.45, 2.75) is 18.6 Å². The number of carbonyl (C=O) groups is 2. The third-order valence-electron chi connectivity index (χ3n) is 1.17. The largest absolute Gasteiger partial charge is 0.394 e. The summed E-state index contributed by atoms with van der Waals surface area (Å²) in [5.74, 6) is -0.801. The Morgan fingerprint density at radius 2 is 1.91 bits per heavy atom. The quantitative estimate of drug-likeness (QED) is 0.247. The molecule has 2 atom stereocenters. The van der Waals surface area contributed by atoms with E-state index in [0.717, 1.165) is 0 Å². The van der Waals surface area contributed by atoms with Gasteiger partial charge in [0.25, 0.3) is 0 Å². The fourth-order valence-electron chi connectivity index (χ4n) is 0.512. The Bertz CT molecular complexity index is 144. The van der Waals surface area contributed by atoms with Crippen molar-refractivity contribution < 1.29 is 24.9 Å². The van der Waals surface area contributed by atoms with E-state index in [4.69, 9.17) is 15.3 Å². The van der Waals surface area contributed by atoms with Crippen molar-refractivity contribution in [1.82, 2.24) is 0 Å². The second kappa shape index (κ2) is 4.95. The van der Waals surface area contributed by atoms with E-state index in [2.05, 4.69) is 0 Å². The number of hydrogen-bond acceptors (Lipinski definition) is 5. The van der Waals surface area contributed by atoms with Gasteiger partial charge >= 0.3 is 0 Å². The molecule has 0 rings (SSSR count). The Labute approximate surface area is 63.3 Å². The van der Waals surface area contributed by atoms with E-state index in [1.807, 2.05) is 0 Å². The van der Waals surface area contributed by atoms with Crippen LogP contribution in [0, 0.1) is 0 Å². The molecule has 0 amide bonds. The van der Waals surface area contributed by atoms with Gasteiger partial charge in [-0.05, 0) is 0 Å². The lowest BCUT2D eigenvalue weighted by Crippen LogP contribution is -2.31. The minimum atomic E-state index is -1.36. The van der Waals surface area contributed by atoms with E-state index in [1.54, 1.807) is 0 Å². The molecule has 0 heterocycles. The molecule has 5 nitrogen and oxygen atoms in total. The van der Waals surface area contributed by atoms with Gasteiger partial charge in [0.1, 0.15) is 6.10 Å². The smallest absolute Gasteiger partial charge is 0.197 e. The van der Waals surface area contributed by atoms with Crippen LogP contribution in [0.5, 0.6) is 0 Å². The molecule has 0 fully saturated rings. The Hall–Kier alpha value is -0.780. The molecule has 5 heteroatoms. The minimum absolute atomic E-state index is 0.0628. The zero-order chi connectivity index (χ0) is 8.85. The second-order valence-electron chi connectivity index (χ2n) is 2.11. The molecular weight excluding hydrogens is 158 g/mol. The maximum absolute atomic E-state index is 10.3. The average Bonchev–Trinajstić information content (AvgIpc) is 2.02. The first kappa shape index (κ1) is 10.2. The maximum atomic E-state index is 10.3. The molecule has 0 spiro atoms. The molecule has 0 aliphatic carbocycles. The van der Waals surface area contributed by atoms with Gasteiger partial charge in [0.05, 0.1) is 12.7 Å². The zero-order valence-corrected chi connectivity index (χ0v) is 5.80. The molecule has 0 unspecified atom stereocenters. The Morgan fingerprint density at radius 1 is 1.36 bits per heavy atom. The van der Waals surface area contributed by atoms with Crippen LogP contribution in [-0.2, 0) is 9.59 Å². The van der Waals surface area contributed by atoms with Gasteiger partial charge in [-0.3, -0.25) is 9.59 Å². The molecular formula is C6H10O5. The molecule has 0 saturated heterocycles. The third kappa shape index (κ3) is 3.82. The SMILES string of the molecule is O=[13CH][13C](=O)[13CH2][13C@H](O)[13C@H](O)[13CH2]O. The van der Waals surface area contributed by atoms with E-state index in [1.165, 1.54) is 0 Å². The Kier molecular flexibility index (Phi) is 4.60. The Morgan fingerprint density at radius 3 is 2.27 bits per heavy atom. The molecule has 0 bridgehead atoms. The van der Waals surface area contributed by atoms with Crippen LogP contribution in [-0.4, -0.2) is 46.2 Å². The van der Waals surface area contributed by atoms with Crippen molar-refractivity contribution in [2.24, 2.45) is 0 Å². The van der Waals surface area contributed by atoms with Gasteiger partial charge in [-0.1, -0.05) is 0 Å². The van der Waals surface area contributed by atoms with Crippen LogP contribution in [0.25, 0.3) is 0 Å². The van der Waals surface area contributed by atoms with E-state index in [9.17, 15) is 9.59 Å². The van der Waals surface area contributed by atoms with Crippen molar-refractivity contribution in [2.75, 3.05) is 6.61 Å². The highest BCUT2D eigenvalue weighted by atomic mass is 16.5. The second-order valence-corrected chi connectivity index (χ2v) is 2.11. The lowest BCUT2D eigenvalue weighted by molar-refractivity contribution is -0.132. The van der Waals surface area contributed by atoms with Gasteiger partial charge in [-0.25, -0.2) is 0 Å². The number of aldehydes is 1. The fourth-order valence-corrected chi connectivity index (χ4v) is 0.512. The summed E-state index contributed by atoms with van der Waals surface area (Å²) in [6, 6.07) is 0. The van der Waals surface area contributed by atoms with Crippen molar-refractivity contribution in [3.63, 3.8) is 0 Å². The Balaban J connectivity index is 3.76. The van der Waals surface area contributed by atoms with Crippen LogP contribution in [0.15, 0.2) is 0 Å². The van der Waals surface area contributed by atoms with Crippen LogP contribution >= 0.6 is 0 Å². The number of aliphatic hydroxyl groups excluding tert-OH is 3. The van der Waals surface area contributed by atoms with Gasteiger partial charge in [0, 0.05) is 6.42 Å². The van der Waals surface area contributed by atoms with Crippen LogP contribution in [0.1, 0.15) is 6.42 Å². The van der Waals surface area contributed by atoms with Crippen molar-refractivity contribution in [3.8, 4) is 0 Å². The van der Waals surface area contributed by atoms with Crippen molar-refractivity contribution >= 4 is 12.1 Å². The van der Waals surface area contributed by atoms with E-state index in [-0.39, 0.29) is 6.29 Å². The van der Waals surface area contributed by atoms with Crippen LogP contribution in [0.3, 0.4) is 0 Å². The summed E-state index contributed by atoms with van der Waals surface area (Å²) < 4.78 is 0. The molecule has 0 aliphatic rings. The number of Topliss-reactive ketones (excluding diaryl/α,β-unsaturated/α-hetero) is 1. The highest BCUT2D eigenvalue weighted by Gasteiger charge is 2.17. The lowest BCUT2D eigenvalue weighted by Gasteiger charge is -2.12. The highest BCUT2D eigenvalue weighted by molar-refractivity contribution is 6.25. The maximum Gasteiger partial charge on any atom is 0.197 e. The third-order valence-corrected chi connectivity index (χ3v) is 1.17. The first-order chi connectivity index (χ1) is 5.11. The van der Waals surface area contributed by atoms with Gasteiger partial charge in [-0.15, -0.1) is 0 Å². The van der Waals surface area contributed by atoms with Gasteiger partial charge in [-0.2, -0.15) is 0 Å². The number of hydrogen-bond donors (Lipinski definition) is 3. The molecule has 0 aromatic rings. The van der Waals surface area contributed by atoms with E-state index in [0.29, 0.717) is 0 Å². The van der Waals surface area contributed by atoms with Crippen LogP contribution in [0.4, 0.5) is 0 Å². The number of ketones is 1. The number of aliphatic hydroxyl groups is 3. The van der Waals surface area contributed by atoms with Crippen molar-refractivity contribution in [1.29, 1.82) is 0 Å².